The van der Waals surface area contributed by atoms with Crippen molar-refractivity contribution in [3.63, 3.8) is 0 Å². The number of pyridine rings is 1. The lowest BCUT2D eigenvalue weighted by molar-refractivity contribution is -0.138. The summed E-state index contributed by atoms with van der Waals surface area (Å²) in [6.07, 6.45) is -3.45. The number of ether oxygens (including phenoxy) is 1. The second-order valence-electron chi connectivity index (χ2n) is 6.75. The molecule has 7 nitrogen and oxygen atoms in total. The minimum atomic E-state index is -4.47. The van der Waals surface area contributed by atoms with Crippen molar-refractivity contribution in [2.24, 2.45) is 0 Å². The van der Waals surface area contributed by atoms with Crippen LogP contribution in [-0.4, -0.2) is 46.2 Å². The van der Waals surface area contributed by atoms with Crippen molar-refractivity contribution in [1.82, 2.24) is 9.88 Å². The zero-order chi connectivity index (χ0) is 24.5. The lowest BCUT2D eigenvalue weighted by Gasteiger charge is -2.26. The molecule has 0 spiro atoms. The number of esters is 1. The van der Waals surface area contributed by atoms with Gasteiger partial charge in [0.25, 0.3) is 5.97 Å². The second-order valence-corrected chi connectivity index (χ2v) is 6.75. The van der Waals surface area contributed by atoms with Gasteiger partial charge < -0.3 is 15.2 Å². The van der Waals surface area contributed by atoms with E-state index in [4.69, 9.17) is 14.6 Å². The number of carbonyl (C=O) groups excluding carboxylic acids is 1. The number of halogens is 3. The highest BCUT2D eigenvalue weighted by atomic mass is 19.4. The van der Waals surface area contributed by atoms with Crippen LogP contribution in [0.5, 0.6) is 0 Å². The summed E-state index contributed by atoms with van der Waals surface area (Å²) in [5.41, 5.74) is -0.345. The van der Waals surface area contributed by atoms with E-state index in [0.29, 0.717) is 13.1 Å². The molecule has 0 aliphatic heterocycles. The molecule has 1 heterocycles. The first kappa shape index (κ1) is 26.9. The summed E-state index contributed by atoms with van der Waals surface area (Å²) >= 11 is 0. The maximum atomic E-state index is 13.1. The smallest absolute Gasteiger partial charge is 0.416 e. The number of aliphatic carboxylic acids is 1. The fraction of sp³-hybridized carbons (Fsp3) is 0.409. The molecule has 1 aromatic carbocycles. The van der Waals surface area contributed by atoms with Crippen LogP contribution in [0, 0.1) is 6.92 Å². The Bertz CT molecular complexity index is 912. The van der Waals surface area contributed by atoms with Gasteiger partial charge in [0.1, 0.15) is 11.4 Å². The van der Waals surface area contributed by atoms with E-state index in [1.165, 1.54) is 31.3 Å². The third-order valence-corrected chi connectivity index (χ3v) is 4.52. The summed E-state index contributed by atoms with van der Waals surface area (Å²) in [4.78, 5) is 27.7. The highest BCUT2D eigenvalue weighted by Gasteiger charge is 2.33. The summed E-state index contributed by atoms with van der Waals surface area (Å²) in [7, 11) is 0. The monoisotopic (exact) mass is 455 g/mol. The van der Waals surface area contributed by atoms with E-state index >= 15 is 0 Å². The lowest BCUT2D eigenvalue weighted by atomic mass is 10.1. The van der Waals surface area contributed by atoms with E-state index in [-0.39, 0.29) is 22.6 Å². The molecule has 0 radical (unpaired) electrons. The quantitative estimate of drug-likeness (QED) is 0.444. The van der Waals surface area contributed by atoms with Crippen LogP contribution in [0.2, 0.25) is 0 Å². The Labute approximate surface area is 185 Å². The predicted octanol–water partition coefficient (Wildman–Crippen LogP) is 5.09. The molecule has 0 fully saturated rings. The Morgan fingerprint density at radius 2 is 1.78 bits per heavy atom. The van der Waals surface area contributed by atoms with Crippen LogP contribution in [0.15, 0.2) is 36.5 Å². The van der Waals surface area contributed by atoms with Crippen LogP contribution < -0.4 is 5.32 Å². The fourth-order valence-corrected chi connectivity index (χ4v) is 2.91. The van der Waals surface area contributed by atoms with Gasteiger partial charge in [-0.15, -0.1) is 0 Å². The molecule has 1 aromatic heterocycles. The van der Waals surface area contributed by atoms with Crippen LogP contribution in [0.1, 0.15) is 49.2 Å². The van der Waals surface area contributed by atoms with E-state index in [2.05, 4.69) is 10.3 Å². The zero-order valence-corrected chi connectivity index (χ0v) is 18.7. The van der Waals surface area contributed by atoms with Crippen molar-refractivity contribution < 1.29 is 32.6 Å². The van der Waals surface area contributed by atoms with Gasteiger partial charge in [0.05, 0.1) is 5.56 Å². The van der Waals surface area contributed by atoms with Crippen molar-refractivity contribution >= 4 is 23.4 Å². The molecular weight excluding hydrogens is 427 g/mol. The lowest BCUT2D eigenvalue weighted by Crippen LogP contribution is -2.36. The van der Waals surface area contributed by atoms with Gasteiger partial charge in [0.2, 0.25) is 0 Å². The fourth-order valence-electron chi connectivity index (χ4n) is 2.91. The number of nitrogens with one attached hydrogen (secondary N) is 1. The van der Waals surface area contributed by atoms with E-state index in [1.54, 1.807) is 13.0 Å². The predicted molar refractivity (Wildman–Crippen MR) is 115 cm³/mol. The van der Waals surface area contributed by atoms with Gasteiger partial charge in [0, 0.05) is 18.8 Å². The normalized spacial score (nSPS) is 11.9. The number of hydrogen-bond acceptors (Lipinski definition) is 6. The van der Waals surface area contributed by atoms with E-state index in [9.17, 15) is 18.0 Å². The van der Waals surface area contributed by atoms with E-state index < -0.39 is 29.9 Å². The Morgan fingerprint density at radius 1 is 1.19 bits per heavy atom. The summed E-state index contributed by atoms with van der Waals surface area (Å²) in [6.45, 7) is 9.57. The van der Waals surface area contributed by atoms with Gasteiger partial charge in [-0.05, 0) is 56.8 Å². The maximum Gasteiger partial charge on any atom is 0.416 e. The Kier molecular flexibility index (Phi) is 10.1. The van der Waals surface area contributed by atoms with Crippen molar-refractivity contribution in [1.29, 1.82) is 0 Å². The molecule has 1 atom stereocenters. The van der Waals surface area contributed by atoms with Gasteiger partial charge in [0.15, 0.2) is 6.23 Å². The molecule has 10 heteroatoms. The van der Waals surface area contributed by atoms with Crippen molar-refractivity contribution in [2.75, 3.05) is 18.4 Å². The van der Waals surface area contributed by atoms with E-state index in [0.717, 1.165) is 13.0 Å². The van der Waals surface area contributed by atoms with Gasteiger partial charge in [-0.1, -0.05) is 19.9 Å². The maximum absolute atomic E-state index is 13.1. The zero-order valence-electron chi connectivity index (χ0n) is 18.7. The van der Waals surface area contributed by atoms with Crippen LogP contribution in [0.25, 0.3) is 0 Å². The molecule has 1 unspecified atom stereocenters. The number of aromatic nitrogens is 1. The SMILES string of the molecule is CC(=O)O.CCN(CC)C(C)OC(=O)c1cccnc1Nc1cccc(C(F)(F)F)c1C. The summed E-state index contributed by atoms with van der Waals surface area (Å²) in [5.74, 6) is -1.29. The first-order valence-electron chi connectivity index (χ1n) is 9.95. The number of hydrogen-bond donors (Lipinski definition) is 2. The summed E-state index contributed by atoms with van der Waals surface area (Å²) in [6, 6.07) is 6.92. The number of nitrogens with zero attached hydrogens (tertiary/aromatic N) is 2. The van der Waals surface area contributed by atoms with E-state index in [1.807, 2.05) is 18.7 Å². The third kappa shape index (κ3) is 7.84. The molecule has 2 N–H and O–H groups in total. The molecule has 32 heavy (non-hydrogen) atoms. The number of carbonyl (C=O) groups is 2. The van der Waals surface area contributed by atoms with Crippen LogP contribution in [-0.2, 0) is 15.7 Å². The van der Waals surface area contributed by atoms with Crippen LogP contribution >= 0.6 is 0 Å². The molecule has 0 aliphatic rings. The molecule has 0 saturated heterocycles. The van der Waals surface area contributed by atoms with Crippen molar-refractivity contribution in [3.8, 4) is 0 Å². The standard InChI is InChI=1S/C20H24F3N3O2.C2H4O2/c1-5-26(6-2)14(4)28-19(27)15-9-8-12-24-18(15)25-17-11-7-10-16(13(17)3)20(21,22)23;1-2(3)4/h7-12,14H,5-6H2,1-4H3,(H,24,25);1H3,(H,3,4). The molecule has 0 amide bonds. The largest absolute Gasteiger partial charge is 0.481 e. The number of carboxylic acids is 1. The van der Waals surface area contributed by atoms with Gasteiger partial charge in [-0.25, -0.2) is 9.78 Å². The highest BCUT2D eigenvalue weighted by Crippen LogP contribution is 2.35. The van der Waals surface area contributed by atoms with Gasteiger partial charge in [-0.3, -0.25) is 9.69 Å². The van der Waals surface area contributed by atoms with Crippen LogP contribution in [0.4, 0.5) is 24.7 Å². The van der Waals surface area contributed by atoms with Gasteiger partial charge >= 0.3 is 12.1 Å². The molecule has 176 valence electrons. The first-order chi connectivity index (χ1) is 14.9. The molecule has 2 aromatic rings. The highest BCUT2D eigenvalue weighted by molar-refractivity contribution is 5.95. The van der Waals surface area contributed by atoms with Crippen molar-refractivity contribution in [3.05, 3.63) is 53.2 Å². The number of carboxylic acid groups (broad SMARTS) is 1. The molecule has 2 rings (SSSR count). The molecule has 0 bridgehead atoms. The molecule has 0 aliphatic carbocycles. The number of rotatable bonds is 7. The number of alkyl halides is 3. The average molecular weight is 455 g/mol. The van der Waals surface area contributed by atoms with Crippen molar-refractivity contribution in [2.45, 2.75) is 47.0 Å². The second kappa shape index (κ2) is 12.0. The topological polar surface area (TPSA) is 91.8 Å². The Balaban J connectivity index is 0.00000118. The molecular formula is C22H28F3N3O4. The van der Waals surface area contributed by atoms with Gasteiger partial charge in [-0.2, -0.15) is 13.2 Å². The Morgan fingerprint density at radius 3 is 2.31 bits per heavy atom. The number of anilines is 2. The summed E-state index contributed by atoms with van der Waals surface area (Å²) < 4.78 is 44.9. The Hall–Kier alpha value is -3.14. The average Bonchev–Trinajstić information content (AvgIpc) is 2.69. The first-order valence-corrected chi connectivity index (χ1v) is 9.95. The minimum Gasteiger partial charge on any atom is -0.481 e. The summed E-state index contributed by atoms with van der Waals surface area (Å²) in [5, 5.41) is 10.3. The minimum absolute atomic E-state index is 0.0245. The number of benzene rings is 1. The molecule has 0 saturated carbocycles. The third-order valence-electron chi connectivity index (χ3n) is 4.52. The van der Waals surface area contributed by atoms with Crippen LogP contribution in [0.3, 0.4) is 0 Å².